The molecule has 15 heteroatoms. The topological polar surface area (TPSA) is 68.7 Å². The number of alkyl halides is 6. The molecule has 0 aliphatic rings. The van der Waals surface area contributed by atoms with Gasteiger partial charge in [0.05, 0.1) is 10.7 Å². The van der Waals surface area contributed by atoms with Crippen molar-refractivity contribution in [3.63, 3.8) is 0 Å². The maximum Gasteiger partial charge on any atom is 0.499 e. The number of rotatable bonds is 12. The van der Waals surface area contributed by atoms with Gasteiger partial charge in [0.15, 0.2) is 17.6 Å². The van der Waals surface area contributed by atoms with Gasteiger partial charge in [-0.1, -0.05) is 41.4 Å². The summed E-state index contributed by atoms with van der Waals surface area (Å²) in [5.41, 5.74) is 0.547. The molecule has 1 heterocycles. The van der Waals surface area contributed by atoms with Gasteiger partial charge in [0.2, 0.25) is 0 Å². The minimum absolute atomic E-state index is 0.0886. The van der Waals surface area contributed by atoms with Crippen molar-refractivity contribution < 1.29 is 39.8 Å². The number of ether oxygens (including phenoxy) is 2. The standard InChI is InChI=1S/C24H20Cl2F5IN2O4S/c25-15-37-22-18(9-4-10-19(22)38-24(30,31)23(27,28)29)34(13-2-1-6-16-7-5-12-33-14-16)39(35,36)20-11-3-8-17(32)21(20)26/h3-5,7-12,14H,1-2,6,13,15H2. The Morgan fingerprint density at radius 3 is 2.36 bits per heavy atom. The normalized spacial score (nSPS) is 12.3. The molecular weight excluding hydrogens is 705 g/mol. The van der Waals surface area contributed by atoms with Gasteiger partial charge in [-0.3, -0.25) is 9.29 Å². The summed E-state index contributed by atoms with van der Waals surface area (Å²) >= 11 is 13.8. The zero-order chi connectivity index (χ0) is 28.8. The lowest BCUT2D eigenvalue weighted by atomic mass is 10.1. The number of unbranched alkanes of at least 4 members (excludes halogenated alkanes) is 1. The first kappa shape index (κ1) is 31.4. The third kappa shape index (κ3) is 7.55. The van der Waals surface area contributed by atoms with E-state index < -0.39 is 39.9 Å². The first-order valence-electron chi connectivity index (χ1n) is 11.1. The Kier molecular flexibility index (Phi) is 10.5. The Morgan fingerprint density at radius 2 is 1.72 bits per heavy atom. The molecule has 2 aromatic carbocycles. The third-order valence-corrected chi connectivity index (χ3v) is 8.98. The number of hydrogen-bond donors (Lipinski definition) is 0. The second-order valence-electron chi connectivity index (χ2n) is 7.92. The lowest BCUT2D eigenvalue weighted by molar-refractivity contribution is -0.360. The fraction of sp³-hybridized carbons (Fsp3) is 0.292. The summed E-state index contributed by atoms with van der Waals surface area (Å²) < 4.78 is 104. The van der Waals surface area contributed by atoms with Crippen LogP contribution in [0.3, 0.4) is 0 Å². The lowest BCUT2D eigenvalue weighted by Gasteiger charge is -2.28. The van der Waals surface area contributed by atoms with Crippen LogP contribution in [0.2, 0.25) is 5.02 Å². The summed E-state index contributed by atoms with van der Waals surface area (Å²) in [6.45, 7) is -0.206. The molecule has 6 nitrogen and oxygen atoms in total. The van der Waals surface area contributed by atoms with Gasteiger partial charge in [0.25, 0.3) is 10.0 Å². The molecule has 0 amide bonds. The number of halogens is 8. The monoisotopic (exact) mass is 724 g/mol. The third-order valence-electron chi connectivity index (χ3n) is 5.28. The summed E-state index contributed by atoms with van der Waals surface area (Å²) in [5.74, 6) is -1.77. The molecule has 0 aliphatic carbocycles. The molecule has 0 aliphatic heterocycles. The van der Waals surface area contributed by atoms with Crippen LogP contribution in [0.4, 0.5) is 27.6 Å². The minimum atomic E-state index is -6.05. The van der Waals surface area contributed by atoms with E-state index in [-0.39, 0.29) is 28.6 Å². The number of pyridine rings is 1. The van der Waals surface area contributed by atoms with E-state index in [1.807, 2.05) is 28.7 Å². The molecule has 0 spiro atoms. The molecule has 0 unspecified atom stereocenters. The molecule has 1 aromatic heterocycles. The molecule has 3 rings (SSSR count). The largest absolute Gasteiger partial charge is 0.499 e. The van der Waals surface area contributed by atoms with Crippen LogP contribution in [0.5, 0.6) is 11.5 Å². The second kappa shape index (κ2) is 13.0. The van der Waals surface area contributed by atoms with Crippen LogP contribution >= 0.6 is 45.8 Å². The van der Waals surface area contributed by atoms with Gasteiger partial charge in [-0.05, 0) is 77.7 Å². The van der Waals surface area contributed by atoms with Crippen molar-refractivity contribution in [2.45, 2.75) is 36.4 Å². The Morgan fingerprint density at radius 1 is 1.00 bits per heavy atom. The van der Waals surface area contributed by atoms with Crippen molar-refractivity contribution in [3.8, 4) is 11.5 Å². The van der Waals surface area contributed by atoms with E-state index in [4.69, 9.17) is 27.9 Å². The molecule has 0 atom stereocenters. The van der Waals surface area contributed by atoms with Crippen LogP contribution in [0, 0.1) is 3.57 Å². The van der Waals surface area contributed by atoms with Crippen LogP contribution in [-0.4, -0.2) is 38.3 Å². The molecule has 0 saturated heterocycles. The van der Waals surface area contributed by atoms with E-state index >= 15 is 0 Å². The molecule has 0 bridgehead atoms. The highest BCUT2D eigenvalue weighted by Crippen LogP contribution is 2.45. The number of benzene rings is 2. The maximum atomic E-state index is 13.9. The van der Waals surface area contributed by atoms with Crippen molar-refractivity contribution in [1.29, 1.82) is 0 Å². The zero-order valence-corrected chi connectivity index (χ0v) is 24.3. The lowest BCUT2D eigenvalue weighted by Crippen LogP contribution is -2.42. The van der Waals surface area contributed by atoms with Crippen LogP contribution in [-0.2, 0) is 16.4 Å². The van der Waals surface area contributed by atoms with Crippen LogP contribution < -0.4 is 13.8 Å². The number of sulfonamides is 1. The summed E-state index contributed by atoms with van der Waals surface area (Å²) in [6, 6.07) is 10.2. The number of aromatic nitrogens is 1. The minimum Gasteiger partial charge on any atom is -0.472 e. The van der Waals surface area contributed by atoms with E-state index in [1.54, 1.807) is 24.5 Å². The van der Waals surface area contributed by atoms with E-state index in [2.05, 4.69) is 9.72 Å². The quantitative estimate of drug-likeness (QED) is 0.0831. The van der Waals surface area contributed by atoms with Crippen molar-refractivity contribution in [3.05, 3.63) is 75.1 Å². The summed E-state index contributed by atoms with van der Waals surface area (Å²) in [7, 11) is -4.49. The van der Waals surface area contributed by atoms with Gasteiger partial charge in [-0.15, -0.1) is 0 Å². The predicted molar refractivity (Wildman–Crippen MR) is 145 cm³/mol. The zero-order valence-electron chi connectivity index (χ0n) is 19.8. The van der Waals surface area contributed by atoms with Crippen LogP contribution in [0.15, 0.2) is 65.8 Å². The molecule has 39 heavy (non-hydrogen) atoms. The highest BCUT2D eigenvalue weighted by Gasteiger charge is 2.61. The van der Waals surface area contributed by atoms with Gasteiger partial charge in [0.1, 0.15) is 4.90 Å². The fourth-order valence-corrected chi connectivity index (χ4v) is 6.28. The van der Waals surface area contributed by atoms with E-state index in [0.717, 1.165) is 22.0 Å². The first-order valence-corrected chi connectivity index (χ1v) is 14.5. The molecule has 0 fully saturated rings. The molecule has 0 saturated carbocycles. The van der Waals surface area contributed by atoms with Crippen molar-refractivity contribution >= 4 is 61.5 Å². The second-order valence-corrected chi connectivity index (χ2v) is 11.5. The summed E-state index contributed by atoms with van der Waals surface area (Å²) in [4.78, 5) is 3.73. The summed E-state index contributed by atoms with van der Waals surface area (Å²) in [6.07, 6.45) is -7.06. The number of para-hydroxylation sites is 1. The fourth-order valence-electron chi connectivity index (χ4n) is 3.48. The number of anilines is 1. The van der Waals surface area contributed by atoms with E-state index in [0.29, 0.717) is 16.4 Å². The van der Waals surface area contributed by atoms with Crippen molar-refractivity contribution in [2.75, 3.05) is 16.9 Å². The molecule has 0 N–H and O–H groups in total. The van der Waals surface area contributed by atoms with Crippen LogP contribution in [0.1, 0.15) is 18.4 Å². The Bertz CT molecular complexity index is 1380. The Balaban J connectivity index is 2.07. The number of nitrogens with zero attached hydrogens (tertiary/aromatic N) is 2. The highest BCUT2D eigenvalue weighted by molar-refractivity contribution is 14.1. The Hall–Kier alpha value is -2.10. The molecule has 3 aromatic rings. The summed E-state index contributed by atoms with van der Waals surface area (Å²) in [5, 5.41) is -0.0886. The first-order chi connectivity index (χ1) is 18.3. The molecule has 0 radical (unpaired) electrons. The van der Waals surface area contributed by atoms with Gasteiger partial charge in [-0.2, -0.15) is 22.0 Å². The number of aryl methyl sites for hydroxylation is 1. The Labute approximate surface area is 245 Å². The SMILES string of the molecule is O=S(=O)(c1cccc(I)c1Cl)N(CCCCc1cccnc1)c1cccc(OC(F)(F)C(F)(F)F)c1OCCl. The molecule has 212 valence electrons. The van der Waals surface area contributed by atoms with Gasteiger partial charge < -0.3 is 9.47 Å². The maximum absolute atomic E-state index is 13.9. The van der Waals surface area contributed by atoms with Gasteiger partial charge in [0, 0.05) is 22.5 Å². The average Bonchev–Trinajstić information content (AvgIpc) is 2.86. The average molecular weight is 725 g/mol. The van der Waals surface area contributed by atoms with E-state index in [9.17, 15) is 30.4 Å². The highest BCUT2D eigenvalue weighted by atomic mass is 127. The smallest absolute Gasteiger partial charge is 0.472 e. The predicted octanol–water partition coefficient (Wildman–Crippen LogP) is 7.67. The van der Waals surface area contributed by atoms with Gasteiger partial charge >= 0.3 is 12.3 Å². The molecular formula is C24H20Cl2F5IN2O4S. The van der Waals surface area contributed by atoms with Crippen LogP contribution in [0.25, 0.3) is 0 Å². The van der Waals surface area contributed by atoms with Crippen molar-refractivity contribution in [1.82, 2.24) is 4.98 Å². The van der Waals surface area contributed by atoms with Crippen molar-refractivity contribution in [2.24, 2.45) is 0 Å². The van der Waals surface area contributed by atoms with E-state index in [1.165, 1.54) is 18.2 Å². The van der Waals surface area contributed by atoms with Gasteiger partial charge in [-0.25, -0.2) is 8.42 Å². The number of hydrogen-bond acceptors (Lipinski definition) is 5.